The predicted octanol–water partition coefficient (Wildman–Crippen LogP) is 2.81. The molecule has 0 radical (unpaired) electrons. The molecule has 0 aromatic heterocycles. The second-order valence-corrected chi connectivity index (χ2v) is 5.30. The monoisotopic (exact) mass is 395 g/mol. The van der Waals surface area contributed by atoms with E-state index in [0.29, 0.717) is 5.75 Å². The van der Waals surface area contributed by atoms with E-state index in [1.807, 2.05) is 5.43 Å². The van der Waals surface area contributed by atoms with E-state index in [1.54, 1.807) is 6.07 Å². The zero-order chi connectivity index (χ0) is 20.7. The number of hydrogen-bond acceptors (Lipinski definition) is 5. The molecule has 148 valence electrons. The zero-order valence-corrected chi connectivity index (χ0v) is 14.8. The van der Waals surface area contributed by atoms with Crippen molar-refractivity contribution >= 4 is 23.7 Å². The first kappa shape index (κ1) is 20.7. The van der Waals surface area contributed by atoms with Gasteiger partial charge in [-0.05, 0) is 18.2 Å². The first-order valence-corrected chi connectivity index (χ1v) is 7.79. The van der Waals surface area contributed by atoms with Gasteiger partial charge in [0.15, 0.2) is 0 Å². The molecule has 0 aliphatic rings. The summed E-state index contributed by atoms with van der Waals surface area (Å²) in [4.78, 5) is 23.8. The number of hydrazone groups is 1. The van der Waals surface area contributed by atoms with Crippen LogP contribution in [0.25, 0.3) is 0 Å². The maximum Gasteiger partial charge on any atom is 0.417 e. The number of nitrogens with zero attached hydrogens (tertiary/aromatic N) is 1. The van der Waals surface area contributed by atoms with Crippen LogP contribution >= 0.6 is 0 Å². The van der Waals surface area contributed by atoms with Crippen LogP contribution in [-0.2, 0) is 15.8 Å². The maximum atomic E-state index is 12.9. The Morgan fingerprint density at radius 2 is 1.75 bits per heavy atom. The first-order chi connectivity index (χ1) is 13.3. The molecular formula is C18H16F3N3O4. The topological polar surface area (TPSA) is 89.0 Å². The molecule has 0 saturated heterocycles. The van der Waals surface area contributed by atoms with Gasteiger partial charge in [0.2, 0.25) is 0 Å². The Kier molecular flexibility index (Phi) is 6.59. The van der Waals surface area contributed by atoms with Crippen LogP contribution in [0.5, 0.6) is 11.5 Å². The van der Waals surface area contributed by atoms with Gasteiger partial charge in [-0.25, -0.2) is 5.43 Å². The molecule has 0 aliphatic carbocycles. The van der Waals surface area contributed by atoms with Crippen LogP contribution in [0.1, 0.15) is 11.1 Å². The molecule has 0 spiro atoms. The van der Waals surface area contributed by atoms with Gasteiger partial charge in [-0.15, -0.1) is 0 Å². The highest BCUT2D eigenvalue weighted by atomic mass is 19.4. The molecule has 0 fully saturated rings. The summed E-state index contributed by atoms with van der Waals surface area (Å²) in [5.41, 5.74) is 0.906. The van der Waals surface area contributed by atoms with E-state index < -0.39 is 23.6 Å². The summed E-state index contributed by atoms with van der Waals surface area (Å²) in [6.45, 7) is 0. The Hall–Kier alpha value is -3.56. The number of halogens is 3. The van der Waals surface area contributed by atoms with Crippen molar-refractivity contribution in [3.05, 3.63) is 53.6 Å². The Labute approximate surface area is 158 Å². The quantitative estimate of drug-likeness (QED) is 0.463. The zero-order valence-electron chi connectivity index (χ0n) is 14.8. The Morgan fingerprint density at radius 1 is 1.04 bits per heavy atom. The van der Waals surface area contributed by atoms with Crippen molar-refractivity contribution in [1.82, 2.24) is 5.43 Å². The molecule has 7 nitrogen and oxygen atoms in total. The third-order valence-corrected chi connectivity index (χ3v) is 3.50. The van der Waals surface area contributed by atoms with Crippen LogP contribution in [0.2, 0.25) is 0 Å². The van der Waals surface area contributed by atoms with Crippen LogP contribution in [0.3, 0.4) is 0 Å². The minimum Gasteiger partial charge on any atom is -0.497 e. The van der Waals surface area contributed by atoms with E-state index in [4.69, 9.17) is 9.47 Å². The molecule has 0 saturated carbocycles. The molecule has 0 atom stereocenters. The van der Waals surface area contributed by atoms with Crippen molar-refractivity contribution in [2.75, 3.05) is 19.5 Å². The standard InChI is InChI=1S/C18H16F3N3O4/c1-27-12-7-8-14(15(9-12)28-2)23-16(25)17(26)24-22-10-11-5-3-4-6-13(11)18(19,20)21/h3-10H,1-2H3,(H,23,25)(H,24,26)/b22-10+. The molecule has 2 rings (SSSR count). The molecule has 2 aromatic carbocycles. The highest BCUT2D eigenvalue weighted by Gasteiger charge is 2.32. The summed E-state index contributed by atoms with van der Waals surface area (Å²) < 4.78 is 48.8. The van der Waals surface area contributed by atoms with E-state index in [9.17, 15) is 22.8 Å². The van der Waals surface area contributed by atoms with Crippen LogP contribution < -0.4 is 20.2 Å². The maximum absolute atomic E-state index is 12.9. The smallest absolute Gasteiger partial charge is 0.417 e. The second kappa shape index (κ2) is 8.89. The predicted molar refractivity (Wildman–Crippen MR) is 95.4 cm³/mol. The molecule has 10 heteroatoms. The van der Waals surface area contributed by atoms with Crippen LogP contribution in [0.15, 0.2) is 47.6 Å². The minimum absolute atomic E-state index is 0.204. The lowest BCUT2D eigenvalue weighted by Crippen LogP contribution is -2.32. The lowest BCUT2D eigenvalue weighted by molar-refractivity contribution is -0.137. The van der Waals surface area contributed by atoms with E-state index >= 15 is 0 Å². The number of rotatable bonds is 5. The van der Waals surface area contributed by atoms with Gasteiger partial charge < -0.3 is 14.8 Å². The number of nitrogens with one attached hydrogen (secondary N) is 2. The molecule has 2 N–H and O–H groups in total. The normalized spacial score (nSPS) is 11.2. The largest absolute Gasteiger partial charge is 0.497 e. The van der Waals surface area contributed by atoms with Crippen molar-refractivity contribution < 1.29 is 32.2 Å². The number of methoxy groups -OCH3 is 2. The fraction of sp³-hybridized carbons (Fsp3) is 0.167. The summed E-state index contributed by atoms with van der Waals surface area (Å²) in [5.74, 6) is -1.52. The highest BCUT2D eigenvalue weighted by molar-refractivity contribution is 6.39. The van der Waals surface area contributed by atoms with E-state index in [-0.39, 0.29) is 17.0 Å². The van der Waals surface area contributed by atoms with Gasteiger partial charge in [-0.2, -0.15) is 18.3 Å². The third kappa shape index (κ3) is 5.22. The second-order valence-electron chi connectivity index (χ2n) is 5.30. The number of amides is 2. The van der Waals surface area contributed by atoms with Gasteiger partial charge in [0.1, 0.15) is 11.5 Å². The average Bonchev–Trinajstić information content (AvgIpc) is 2.67. The number of alkyl halides is 3. The number of hydrogen-bond donors (Lipinski definition) is 2. The Morgan fingerprint density at radius 3 is 2.39 bits per heavy atom. The van der Waals surface area contributed by atoms with E-state index in [1.165, 1.54) is 44.6 Å². The summed E-state index contributed by atoms with van der Waals surface area (Å²) in [5, 5.41) is 5.72. The van der Waals surface area contributed by atoms with Crippen LogP contribution in [0, 0.1) is 0 Å². The van der Waals surface area contributed by atoms with Crippen molar-refractivity contribution in [3.8, 4) is 11.5 Å². The molecule has 28 heavy (non-hydrogen) atoms. The SMILES string of the molecule is COc1ccc(NC(=O)C(=O)N/N=C/c2ccccc2C(F)(F)F)c(OC)c1. The summed E-state index contributed by atoms with van der Waals surface area (Å²) >= 11 is 0. The van der Waals surface area contributed by atoms with Crippen molar-refractivity contribution in [2.24, 2.45) is 5.10 Å². The number of ether oxygens (including phenoxy) is 2. The van der Waals surface area contributed by atoms with Gasteiger partial charge >= 0.3 is 18.0 Å². The van der Waals surface area contributed by atoms with Gasteiger partial charge in [-0.3, -0.25) is 9.59 Å². The highest BCUT2D eigenvalue weighted by Crippen LogP contribution is 2.31. The number of benzene rings is 2. The molecule has 0 heterocycles. The molecule has 0 aliphatic heterocycles. The lowest BCUT2D eigenvalue weighted by Gasteiger charge is -2.11. The van der Waals surface area contributed by atoms with Crippen molar-refractivity contribution in [2.45, 2.75) is 6.18 Å². The van der Waals surface area contributed by atoms with Gasteiger partial charge in [0, 0.05) is 11.6 Å². The van der Waals surface area contributed by atoms with E-state index in [0.717, 1.165) is 12.3 Å². The van der Waals surface area contributed by atoms with Gasteiger partial charge in [-0.1, -0.05) is 18.2 Å². The number of anilines is 1. The summed E-state index contributed by atoms with van der Waals surface area (Å²) in [6, 6.07) is 9.19. The van der Waals surface area contributed by atoms with E-state index in [2.05, 4.69) is 10.4 Å². The Balaban J connectivity index is 2.04. The van der Waals surface area contributed by atoms with Gasteiger partial charge in [0.05, 0.1) is 31.7 Å². The lowest BCUT2D eigenvalue weighted by atomic mass is 10.1. The first-order valence-electron chi connectivity index (χ1n) is 7.79. The average molecular weight is 395 g/mol. The summed E-state index contributed by atoms with van der Waals surface area (Å²) in [7, 11) is 2.82. The minimum atomic E-state index is -4.57. The van der Waals surface area contributed by atoms with Crippen LogP contribution in [-0.4, -0.2) is 32.2 Å². The number of carbonyl (C=O) groups excluding carboxylic acids is 2. The summed E-state index contributed by atoms with van der Waals surface area (Å²) in [6.07, 6.45) is -3.77. The van der Waals surface area contributed by atoms with Gasteiger partial charge in [0.25, 0.3) is 0 Å². The molecular weight excluding hydrogens is 379 g/mol. The van der Waals surface area contributed by atoms with Crippen LogP contribution in [0.4, 0.5) is 18.9 Å². The fourth-order valence-corrected chi connectivity index (χ4v) is 2.16. The molecule has 2 aromatic rings. The fourth-order valence-electron chi connectivity index (χ4n) is 2.16. The third-order valence-electron chi connectivity index (χ3n) is 3.50. The molecule has 0 unspecified atom stereocenters. The molecule has 2 amide bonds. The van der Waals surface area contributed by atoms with Crippen molar-refractivity contribution in [1.29, 1.82) is 0 Å². The molecule has 0 bridgehead atoms. The Bertz CT molecular complexity index is 898. The number of carbonyl (C=O) groups is 2. The van der Waals surface area contributed by atoms with Crippen molar-refractivity contribution in [3.63, 3.8) is 0 Å².